The van der Waals surface area contributed by atoms with E-state index in [-0.39, 0.29) is 11.6 Å². The molecule has 4 rings (SSSR count). The van der Waals surface area contributed by atoms with Crippen molar-refractivity contribution < 1.29 is 19.0 Å². The molecule has 0 fully saturated rings. The van der Waals surface area contributed by atoms with Crippen molar-refractivity contribution in [2.24, 2.45) is 4.99 Å². The normalized spacial score (nSPS) is 14.2. The van der Waals surface area contributed by atoms with Crippen molar-refractivity contribution in [2.75, 3.05) is 6.61 Å². The molecule has 7 heteroatoms. The van der Waals surface area contributed by atoms with Crippen molar-refractivity contribution in [3.05, 3.63) is 98.7 Å². The van der Waals surface area contributed by atoms with Crippen LogP contribution in [0.15, 0.2) is 71.4 Å². The van der Waals surface area contributed by atoms with Crippen molar-refractivity contribution in [3.63, 3.8) is 0 Å². The van der Waals surface area contributed by atoms with Gasteiger partial charge in [-0.05, 0) is 66.9 Å². The van der Waals surface area contributed by atoms with E-state index in [0.717, 1.165) is 16.7 Å². The number of cyclic esters (lactones) is 1. The lowest BCUT2D eigenvalue weighted by molar-refractivity contribution is -0.129. The first kappa shape index (κ1) is 22.9. The zero-order chi connectivity index (χ0) is 23.4. The summed E-state index contributed by atoms with van der Waals surface area (Å²) in [7, 11) is 0. The van der Waals surface area contributed by atoms with E-state index in [0.29, 0.717) is 40.3 Å². The number of carbonyl (C=O) groups excluding carboxylic acids is 1. The monoisotopic (exact) mass is 481 g/mol. The second kappa shape index (κ2) is 10.1. The number of aryl methyl sites for hydroxylation is 1. The summed E-state index contributed by atoms with van der Waals surface area (Å²) < 4.78 is 17.1. The van der Waals surface area contributed by atoms with E-state index in [1.54, 1.807) is 30.3 Å². The van der Waals surface area contributed by atoms with Gasteiger partial charge in [0.05, 0.1) is 17.2 Å². The molecule has 0 amide bonds. The van der Waals surface area contributed by atoms with Crippen molar-refractivity contribution in [2.45, 2.75) is 20.5 Å². The second-order valence-electron chi connectivity index (χ2n) is 7.31. The molecule has 3 aromatic rings. The summed E-state index contributed by atoms with van der Waals surface area (Å²) in [6.07, 6.45) is 1.63. The number of esters is 1. The van der Waals surface area contributed by atoms with Crippen LogP contribution >= 0.6 is 23.2 Å². The first-order chi connectivity index (χ1) is 15.9. The topological polar surface area (TPSA) is 57.1 Å². The van der Waals surface area contributed by atoms with Crippen LogP contribution in [0.1, 0.15) is 29.2 Å². The minimum absolute atomic E-state index is 0.135. The Balaban J connectivity index is 1.58. The maximum Gasteiger partial charge on any atom is 0.363 e. The van der Waals surface area contributed by atoms with Crippen LogP contribution in [0.3, 0.4) is 0 Å². The summed E-state index contributed by atoms with van der Waals surface area (Å²) in [6, 6.07) is 18.4. The van der Waals surface area contributed by atoms with Gasteiger partial charge in [-0.2, -0.15) is 0 Å². The van der Waals surface area contributed by atoms with Gasteiger partial charge in [-0.25, -0.2) is 9.79 Å². The lowest BCUT2D eigenvalue weighted by Gasteiger charge is -2.13. The van der Waals surface area contributed by atoms with Crippen LogP contribution in [0.2, 0.25) is 10.0 Å². The molecule has 0 N–H and O–H groups in total. The Morgan fingerprint density at radius 2 is 1.82 bits per heavy atom. The van der Waals surface area contributed by atoms with Gasteiger partial charge in [-0.1, -0.05) is 53.5 Å². The van der Waals surface area contributed by atoms with Gasteiger partial charge in [0.25, 0.3) is 0 Å². The highest BCUT2D eigenvalue weighted by Crippen LogP contribution is 2.32. The zero-order valence-corrected chi connectivity index (χ0v) is 19.6. The number of carbonyl (C=O) groups is 1. The van der Waals surface area contributed by atoms with E-state index in [4.69, 9.17) is 37.4 Å². The van der Waals surface area contributed by atoms with Crippen molar-refractivity contribution in [1.29, 1.82) is 0 Å². The van der Waals surface area contributed by atoms with Gasteiger partial charge in [-0.3, -0.25) is 0 Å². The first-order valence-electron chi connectivity index (χ1n) is 10.4. The number of nitrogens with zero attached hydrogens (tertiary/aromatic N) is 1. The van der Waals surface area contributed by atoms with Gasteiger partial charge in [-0.15, -0.1) is 0 Å². The highest BCUT2D eigenvalue weighted by Gasteiger charge is 2.26. The molecule has 1 aliphatic rings. The van der Waals surface area contributed by atoms with Crippen LogP contribution in [0.4, 0.5) is 0 Å². The Morgan fingerprint density at radius 3 is 2.58 bits per heavy atom. The Morgan fingerprint density at radius 1 is 1.00 bits per heavy atom. The van der Waals surface area contributed by atoms with E-state index in [1.807, 2.05) is 50.2 Å². The first-order valence-corrected chi connectivity index (χ1v) is 11.1. The number of halogens is 2. The van der Waals surface area contributed by atoms with Crippen LogP contribution in [0.5, 0.6) is 11.5 Å². The average Bonchev–Trinajstić information content (AvgIpc) is 3.14. The van der Waals surface area contributed by atoms with Crippen LogP contribution < -0.4 is 9.47 Å². The molecule has 0 radical (unpaired) electrons. The molecule has 5 nitrogen and oxygen atoms in total. The van der Waals surface area contributed by atoms with E-state index < -0.39 is 5.97 Å². The number of hydrogen-bond donors (Lipinski definition) is 0. The molecule has 0 bridgehead atoms. The van der Waals surface area contributed by atoms with Crippen LogP contribution in [0.25, 0.3) is 6.08 Å². The highest BCUT2D eigenvalue weighted by molar-refractivity contribution is 6.37. The highest BCUT2D eigenvalue weighted by atomic mass is 35.5. The summed E-state index contributed by atoms with van der Waals surface area (Å²) in [4.78, 5) is 16.7. The van der Waals surface area contributed by atoms with Crippen LogP contribution in [0, 0.1) is 6.92 Å². The molecule has 0 aromatic heterocycles. The molecule has 0 unspecified atom stereocenters. The van der Waals surface area contributed by atoms with Gasteiger partial charge < -0.3 is 14.2 Å². The minimum atomic E-state index is -0.561. The third-order valence-corrected chi connectivity index (χ3v) is 5.55. The molecule has 0 atom stereocenters. The predicted octanol–water partition coefficient (Wildman–Crippen LogP) is 6.62. The van der Waals surface area contributed by atoms with Gasteiger partial charge >= 0.3 is 5.97 Å². The minimum Gasteiger partial charge on any atom is -0.490 e. The summed E-state index contributed by atoms with van der Waals surface area (Å²) in [6.45, 7) is 4.84. The molecular formula is C26H21Cl2NO4. The van der Waals surface area contributed by atoms with Crippen molar-refractivity contribution >= 4 is 41.1 Å². The number of ether oxygens (including phenoxy) is 3. The maximum absolute atomic E-state index is 12.4. The van der Waals surface area contributed by atoms with Crippen molar-refractivity contribution in [1.82, 2.24) is 0 Å². The van der Waals surface area contributed by atoms with Gasteiger partial charge in [0.2, 0.25) is 5.90 Å². The molecular weight excluding hydrogens is 461 g/mol. The Labute approximate surface area is 202 Å². The molecule has 0 aliphatic carbocycles. The Hall–Kier alpha value is -3.28. The molecule has 0 saturated carbocycles. The molecule has 0 spiro atoms. The summed E-state index contributed by atoms with van der Waals surface area (Å²) in [5.74, 6) is 0.773. The molecule has 0 saturated heterocycles. The smallest absolute Gasteiger partial charge is 0.363 e. The van der Waals surface area contributed by atoms with Crippen LogP contribution in [-0.2, 0) is 16.1 Å². The third kappa shape index (κ3) is 5.38. The zero-order valence-electron chi connectivity index (χ0n) is 18.1. The SMILES string of the molecule is CCOc1cc(/C=C2\N=C(c3ccc(Cl)cc3Cl)OC2=O)ccc1OCc1ccccc1C. The fourth-order valence-electron chi connectivity index (χ4n) is 3.27. The molecule has 3 aromatic carbocycles. The van der Waals surface area contributed by atoms with E-state index in [2.05, 4.69) is 4.99 Å². The third-order valence-electron chi connectivity index (χ3n) is 5.00. The Kier molecular flexibility index (Phi) is 7.02. The molecule has 168 valence electrons. The lowest BCUT2D eigenvalue weighted by Crippen LogP contribution is -2.06. The van der Waals surface area contributed by atoms with E-state index in [9.17, 15) is 4.79 Å². The standard InChI is InChI=1S/C26H21Cl2NO4/c1-3-31-24-13-17(8-11-23(24)32-15-18-7-5-4-6-16(18)2)12-22-26(30)33-25(29-22)20-10-9-19(27)14-21(20)28/h4-14H,3,15H2,1-2H3/b22-12-. The number of aliphatic imine (C=N–C) groups is 1. The van der Waals surface area contributed by atoms with E-state index in [1.165, 1.54) is 0 Å². The molecule has 1 heterocycles. The summed E-state index contributed by atoms with van der Waals surface area (Å²) in [5.41, 5.74) is 3.63. The predicted molar refractivity (Wildman–Crippen MR) is 130 cm³/mol. The van der Waals surface area contributed by atoms with Gasteiger partial charge in [0, 0.05) is 5.02 Å². The molecule has 33 heavy (non-hydrogen) atoms. The summed E-state index contributed by atoms with van der Waals surface area (Å²) in [5, 5.41) is 0.835. The van der Waals surface area contributed by atoms with E-state index >= 15 is 0 Å². The molecule has 1 aliphatic heterocycles. The van der Waals surface area contributed by atoms with Gasteiger partial charge in [0.15, 0.2) is 17.2 Å². The van der Waals surface area contributed by atoms with Crippen molar-refractivity contribution in [3.8, 4) is 11.5 Å². The quantitative estimate of drug-likeness (QED) is 0.280. The fourth-order valence-corrected chi connectivity index (χ4v) is 3.76. The van der Waals surface area contributed by atoms with Gasteiger partial charge in [0.1, 0.15) is 6.61 Å². The average molecular weight is 482 g/mol. The summed E-state index contributed by atoms with van der Waals surface area (Å²) >= 11 is 12.2. The number of rotatable bonds is 7. The number of hydrogen-bond acceptors (Lipinski definition) is 5. The number of benzene rings is 3. The lowest BCUT2D eigenvalue weighted by atomic mass is 10.1. The van der Waals surface area contributed by atoms with Crippen LogP contribution in [-0.4, -0.2) is 18.5 Å². The second-order valence-corrected chi connectivity index (χ2v) is 8.16. The fraction of sp³-hybridized carbons (Fsp3) is 0.154. The Bertz CT molecular complexity index is 1270. The largest absolute Gasteiger partial charge is 0.490 e. The maximum atomic E-state index is 12.4.